The lowest BCUT2D eigenvalue weighted by atomic mass is 10.1. The normalized spacial score (nSPS) is 14.4. The Morgan fingerprint density at radius 3 is 3.09 bits per heavy atom. The number of hydrogen-bond donors (Lipinski definition) is 0. The van der Waals surface area contributed by atoms with Gasteiger partial charge in [-0.15, -0.1) is 0 Å². The molecule has 0 atom stereocenters. The van der Waals surface area contributed by atoms with Gasteiger partial charge in [-0.3, -0.25) is 4.79 Å². The summed E-state index contributed by atoms with van der Waals surface area (Å²) in [6, 6.07) is 7.74. The summed E-state index contributed by atoms with van der Waals surface area (Å²) in [7, 11) is 0. The molecule has 7 nitrogen and oxygen atoms in total. The van der Waals surface area contributed by atoms with Gasteiger partial charge in [-0.05, 0) is 6.07 Å². The number of hydrogen-bond acceptors (Lipinski definition) is 6. The largest absolute Gasteiger partial charge is 0.375 e. The number of rotatable bonds is 5. The minimum Gasteiger partial charge on any atom is -0.375 e. The fourth-order valence-electron chi connectivity index (χ4n) is 2.41. The molecule has 1 aromatic heterocycles. The van der Waals surface area contributed by atoms with Crippen LogP contribution in [0.15, 0.2) is 28.8 Å². The summed E-state index contributed by atoms with van der Waals surface area (Å²) in [6.45, 7) is 3.56. The van der Waals surface area contributed by atoms with Gasteiger partial charge in [-0.25, -0.2) is 0 Å². The highest BCUT2D eigenvalue weighted by Gasteiger charge is 2.21. The van der Waals surface area contributed by atoms with E-state index in [1.165, 1.54) is 0 Å². The van der Waals surface area contributed by atoms with E-state index in [0.717, 1.165) is 11.3 Å². The van der Waals surface area contributed by atoms with Gasteiger partial charge in [0.25, 0.3) is 11.8 Å². The minimum absolute atomic E-state index is 0.0435. The van der Waals surface area contributed by atoms with Gasteiger partial charge in [0, 0.05) is 24.2 Å². The van der Waals surface area contributed by atoms with Gasteiger partial charge in [-0.1, -0.05) is 30.3 Å². The molecule has 2 aromatic rings. The highest BCUT2D eigenvalue weighted by atomic mass is 16.5. The Labute approximate surface area is 134 Å². The van der Waals surface area contributed by atoms with Crippen molar-refractivity contribution in [2.24, 2.45) is 0 Å². The maximum absolute atomic E-state index is 12.4. The van der Waals surface area contributed by atoms with Gasteiger partial charge in [0.05, 0.1) is 13.2 Å². The van der Waals surface area contributed by atoms with Crippen molar-refractivity contribution >= 4 is 11.6 Å². The van der Waals surface area contributed by atoms with E-state index < -0.39 is 0 Å². The minimum atomic E-state index is -0.113. The van der Waals surface area contributed by atoms with E-state index in [4.69, 9.17) is 14.0 Å². The van der Waals surface area contributed by atoms with Crippen molar-refractivity contribution in [3.63, 3.8) is 0 Å². The second-order valence-electron chi connectivity index (χ2n) is 5.18. The average Bonchev–Trinajstić information content (AvgIpc) is 2.92. The van der Waals surface area contributed by atoms with Crippen molar-refractivity contribution < 1.29 is 18.8 Å². The SMILES string of the molecule is CCc1noc(COCC(=O)N2CCOCc3ccccc32)n1. The van der Waals surface area contributed by atoms with Gasteiger partial charge < -0.3 is 18.9 Å². The summed E-state index contributed by atoms with van der Waals surface area (Å²) >= 11 is 0. The third-order valence-corrected chi connectivity index (χ3v) is 3.58. The third kappa shape index (κ3) is 3.75. The van der Waals surface area contributed by atoms with Crippen LogP contribution in [-0.4, -0.2) is 35.8 Å². The van der Waals surface area contributed by atoms with Gasteiger partial charge in [0.15, 0.2) is 5.82 Å². The van der Waals surface area contributed by atoms with Crippen LogP contribution in [0.4, 0.5) is 5.69 Å². The lowest BCUT2D eigenvalue weighted by Crippen LogP contribution is -2.36. The molecule has 0 radical (unpaired) electrons. The van der Waals surface area contributed by atoms with Gasteiger partial charge >= 0.3 is 0 Å². The number of carbonyl (C=O) groups is 1. The van der Waals surface area contributed by atoms with Crippen molar-refractivity contribution in [1.82, 2.24) is 10.1 Å². The highest BCUT2D eigenvalue weighted by Crippen LogP contribution is 2.23. The van der Waals surface area contributed by atoms with Gasteiger partial charge in [0.2, 0.25) is 0 Å². The van der Waals surface area contributed by atoms with Crippen LogP contribution in [0.3, 0.4) is 0 Å². The predicted octanol–water partition coefficient (Wildman–Crippen LogP) is 1.71. The zero-order chi connectivity index (χ0) is 16.1. The molecule has 1 amide bonds. The summed E-state index contributed by atoms with van der Waals surface area (Å²) in [4.78, 5) is 18.3. The molecule has 2 heterocycles. The van der Waals surface area contributed by atoms with Gasteiger partial charge in [-0.2, -0.15) is 4.98 Å². The number of aryl methyl sites for hydroxylation is 1. The first-order chi connectivity index (χ1) is 11.3. The molecule has 0 unspecified atom stereocenters. The van der Waals surface area contributed by atoms with Crippen molar-refractivity contribution in [1.29, 1.82) is 0 Å². The van der Waals surface area contributed by atoms with Crippen LogP contribution >= 0.6 is 0 Å². The Morgan fingerprint density at radius 2 is 2.26 bits per heavy atom. The smallest absolute Gasteiger partial charge is 0.253 e. The van der Waals surface area contributed by atoms with E-state index in [0.29, 0.717) is 37.9 Å². The van der Waals surface area contributed by atoms with E-state index in [1.54, 1.807) is 4.90 Å². The molecule has 1 aliphatic heterocycles. The van der Waals surface area contributed by atoms with E-state index in [-0.39, 0.29) is 19.1 Å². The number of fused-ring (bicyclic) bond motifs is 1. The van der Waals surface area contributed by atoms with Crippen molar-refractivity contribution in [2.45, 2.75) is 26.6 Å². The number of ether oxygens (including phenoxy) is 2. The number of amides is 1. The van der Waals surface area contributed by atoms with E-state index in [1.807, 2.05) is 31.2 Å². The topological polar surface area (TPSA) is 77.7 Å². The molecule has 1 aromatic carbocycles. The van der Waals surface area contributed by atoms with Crippen LogP contribution in [0, 0.1) is 0 Å². The molecule has 122 valence electrons. The van der Waals surface area contributed by atoms with Crippen LogP contribution in [0.2, 0.25) is 0 Å². The summed E-state index contributed by atoms with van der Waals surface area (Å²) in [5, 5.41) is 3.79. The number of benzene rings is 1. The lowest BCUT2D eigenvalue weighted by Gasteiger charge is -2.21. The first-order valence-corrected chi connectivity index (χ1v) is 7.63. The number of nitrogens with zero attached hydrogens (tertiary/aromatic N) is 3. The number of aromatic nitrogens is 2. The third-order valence-electron chi connectivity index (χ3n) is 3.58. The fraction of sp³-hybridized carbons (Fsp3) is 0.438. The molecule has 0 saturated heterocycles. The van der Waals surface area contributed by atoms with Crippen LogP contribution in [-0.2, 0) is 33.9 Å². The molecule has 23 heavy (non-hydrogen) atoms. The Hall–Kier alpha value is -2.25. The first kappa shape index (κ1) is 15.6. The molecular formula is C16H19N3O4. The molecule has 0 spiro atoms. The quantitative estimate of drug-likeness (QED) is 0.835. The van der Waals surface area contributed by atoms with E-state index in [2.05, 4.69) is 10.1 Å². The molecule has 7 heteroatoms. The van der Waals surface area contributed by atoms with Crippen LogP contribution in [0.5, 0.6) is 0 Å². The number of carbonyl (C=O) groups excluding carboxylic acids is 1. The lowest BCUT2D eigenvalue weighted by molar-refractivity contribution is -0.123. The Bertz CT molecular complexity index is 671. The standard InChI is InChI=1S/C16H19N3O4/c1-2-14-17-15(23-18-14)10-22-11-16(20)19-7-8-21-9-12-5-3-4-6-13(12)19/h3-6H,2,7-11H2,1H3. The van der Waals surface area contributed by atoms with E-state index >= 15 is 0 Å². The summed E-state index contributed by atoms with van der Waals surface area (Å²) in [5.74, 6) is 0.904. The molecule has 0 fully saturated rings. The van der Waals surface area contributed by atoms with Crippen LogP contribution in [0.1, 0.15) is 24.2 Å². The first-order valence-electron chi connectivity index (χ1n) is 7.63. The molecule has 0 N–H and O–H groups in total. The molecule has 0 aliphatic carbocycles. The molecule has 0 bridgehead atoms. The Morgan fingerprint density at radius 1 is 1.39 bits per heavy atom. The summed E-state index contributed by atoms with van der Waals surface area (Å²) in [5.41, 5.74) is 1.88. The monoisotopic (exact) mass is 317 g/mol. The molecule has 1 aliphatic rings. The van der Waals surface area contributed by atoms with Crippen molar-refractivity contribution in [3.05, 3.63) is 41.5 Å². The fourth-order valence-corrected chi connectivity index (χ4v) is 2.41. The molecule has 0 saturated carbocycles. The maximum atomic E-state index is 12.4. The predicted molar refractivity (Wildman–Crippen MR) is 81.8 cm³/mol. The average molecular weight is 317 g/mol. The van der Waals surface area contributed by atoms with E-state index in [9.17, 15) is 4.79 Å². The summed E-state index contributed by atoms with van der Waals surface area (Å²) < 4.78 is 16.0. The summed E-state index contributed by atoms with van der Waals surface area (Å²) in [6.07, 6.45) is 0.701. The van der Waals surface area contributed by atoms with Crippen molar-refractivity contribution in [2.75, 3.05) is 24.7 Å². The zero-order valence-corrected chi connectivity index (χ0v) is 13.0. The zero-order valence-electron chi connectivity index (χ0n) is 13.0. The second kappa shape index (κ2) is 7.34. The molecular weight excluding hydrogens is 298 g/mol. The number of para-hydroxylation sites is 1. The van der Waals surface area contributed by atoms with Crippen LogP contribution in [0.25, 0.3) is 0 Å². The Kier molecular flexibility index (Phi) is 4.99. The highest BCUT2D eigenvalue weighted by molar-refractivity contribution is 5.95. The van der Waals surface area contributed by atoms with Crippen LogP contribution < -0.4 is 4.90 Å². The maximum Gasteiger partial charge on any atom is 0.253 e. The number of anilines is 1. The van der Waals surface area contributed by atoms with Crippen molar-refractivity contribution in [3.8, 4) is 0 Å². The molecule has 3 rings (SSSR count). The Balaban J connectivity index is 1.59. The van der Waals surface area contributed by atoms with Gasteiger partial charge in [0.1, 0.15) is 13.2 Å². The second-order valence-corrected chi connectivity index (χ2v) is 5.18.